The third-order valence-corrected chi connectivity index (χ3v) is 11.3. The Morgan fingerprint density at radius 1 is 0.487 bits per heavy atom. The van der Waals surface area contributed by atoms with E-state index in [1.54, 1.807) is 0 Å². The van der Waals surface area contributed by atoms with Crippen molar-refractivity contribution in [2.24, 2.45) is 17.4 Å². The summed E-state index contributed by atoms with van der Waals surface area (Å²) in [5.41, 5.74) is 12.1. The fraction of sp³-hybridized carbons (Fsp3) is 0.532. The molecule has 0 aliphatic carbocycles. The van der Waals surface area contributed by atoms with E-state index in [9.17, 15) is 88.8 Å². The number of amides is 9. The molecule has 0 saturated carbocycles. The predicted octanol–water partition coefficient (Wildman–Crippen LogP) is -7.58. The number of carbonyl (C=O) groups is 10. The van der Waals surface area contributed by atoms with E-state index in [2.05, 4.69) is 47.9 Å². The topological polar surface area (TPSA) is 493 Å². The van der Waals surface area contributed by atoms with Crippen molar-refractivity contribution in [1.82, 2.24) is 47.9 Å². The second-order valence-electron chi connectivity index (χ2n) is 17.8. The van der Waals surface area contributed by atoms with E-state index in [4.69, 9.17) is 11.5 Å². The number of hydrogen-bond acceptors (Lipinski definition) is 19. The van der Waals surface area contributed by atoms with Gasteiger partial charge in [-0.3, -0.25) is 43.2 Å². The zero-order valence-electron chi connectivity index (χ0n) is 42.1. The summed E-state index contributed by atoms with van der Waals surface area (Å²) in [6.07, 6.45) is -0.921. The fourth-order valence-corrected chi connectivity index (χ4v) is 6.89. The monoisotopic (exact) mass is 1080 g/mol. The number of rotatable bonds is 33. The summed E-state index contributed by atoms with van der Waals surface area (Å²) in [7, 11) is 0. The number of aliphatic carboxylic acids is 1. The number of phenols is 2. The van der Waals surface area contributed by atoms with Gasteiger partial charge in [0.05, 0.1) is 45.1 Å². The van der Waals surface area contributed by atoms with Crippen LogP contribution in [0.4, 0.5) is 0 Å². The number of phenolic OH excluding ortho intramolecular Hbond substituents is 2. The number of aliphatic hydroxyl groups excluding tert-OH is 5. The van der Waals surface area contributed by atoms with Crippen LogP contribution in [0, 0.1) is 5.92 Å². The van der Waals surface area contributed by atoms with Gasteiger partial charge in [-0.2, -0.15) is 0 Å². The summed E-state index contributed by atoms with van der Waals surface area (Å²) in [6, 6.07) is -3.67. The summed E-state index contributed by atoms with van der Waals surface area (Å²) in [5.74, 6) is -12.1. The van der Waals surface area contributed by atoms with Crippen LogP contribution in [0.25, 0.3) is 0 Å². The van der Waals surface area contributed by atoms with Gasteiger partial charge in [0.2, 0.25) is 53.2 Å². The van der Waals surface area contributed by atoms with E-state index in [1.807, 2.05) is 0 Å². The number of nitrogens with two attached hydrogens (primary N) is 2. The van der Waals surface area contributed by atoms with Crippen LogP contribution < -0.4 is 59.3 Å². The Labute approximate surface area is 436 Å². The summed E-state index contributed by atoms with van der Waals surface area (Å²) >= 11 is 0. The molecule has 29 heteroatoms. The summed E-state index contributed by atoms with van der Waals surface area (Å²) in [6.45, 7) is -0.600. The Bertz CT molecular complexity index is 2270. The lowest BCUT2D eigenvalue weighted by atomic mass is 10.0. The zero-order valence-corrected chi connectivity index (χ0v) is 42.1. The number of aromatic hydroxyl groups is 2. The minimum Gasteiger partial charge on any atom is -0.508 e. The summed E-state index contributed by atoms with van der Waals surface area (Å²) in [5, 5.41) is 99.5. The molecule has 422 valence electrons. The van der Waals surface area contributed by atoms with Crippen LogP contribution in [0.3, 0.4) is 0 Å². The van der Waals surface area contributed by atoms with Crippen molar-refractivity contribution in [3.63, 3.8) is 0 Å². The Morgan fingerprint density at radius 3 is 1.30 bits per heavy atom. The minimum absolute atomic E-state index is 0.0895. The molecule has 21 N–H and O–H groups in total. The van der Waals surface area contributed by atoms with Crippen molar-refractivity contribution < 1.29 is 88.8 Å². The molecule has 0 saturated heterocycles. The van der Waals surface area contributed by atoms with Crippen molar-refractivity contribution in [2.75, 3.05) is 39.5 Å². The van der Waals surface area contributed by atoms with Gasteiger partial charge in [-0.1, -0.05) is 44.5 Å². The lowest BCUT2D eigenvalue weighted by Gasteiger charge is -2.28. The molecule has 0 aliphatic heterocycles. The first kappa shape index (κ1) is 64.6. The molecule has 0 aromatic heterocycles. The molecule has 0 fully saturated rings. The second kappa shape index (κ2) is 32.7. The van der Waals surface area contributed by atoms with Crippen LogP contribution in [0.15, 0.2) is 48.5 Å². The first-order valence-corrected chi connectivity index (χ1v) is 23.9. The summed E-state index contributed by atoms with van der Waals surface area (Å²) in [4.78, 5) is 131. The van der Waals surface area contributed by atoms with E-state index in [0.29, 0.717) is 30.5 Å². The zero-order chi connectivity index (χ0) is 57.2. The number of carboxylic acids is 1. The van der Waals surface area contributed by atoms with E-state index in [1.165, 1.54) is 62.4 Å². The molecule has 0 radical (unpaired) electrons. The molecule has 76 heavy (non-hydrogen) atoms. The second-order valence-corrected chi connectivity index (χ2v) is 17.8. The average Bonchev–Trinajstić information content (AvgIpc) is 3.38. The van der Waals surface area contributed by atoms with Crippen LogP contribution in [0.2, 0.25) is 0 Å². The lowest BCUT2D eigenvalue weighted by molar-refractivity contribution is -0.142. The average molecular weight is 1080 g/mol. The molecular formula is C47H71N11O18. The van der Waals surface area contributed by atoms with E-state index in [0.717, 1.165) is 6.92 Å². The number of unbranched alkanes of at least 4 members (excludes halogenated alkanes) is 1. The van der Waals surface area contributed by atoms with Crippen molar-refractivity contribution in [3.05, 3.63) is 59.7 Å². The number of hydrogen-bond donors (Lipinski definition) is 19. The fourth-order valence-electron chi connectivity index (χ4n) is 6.89. The van der Waals surface area contributed by atoms with Gasteiger partial charge in [-0.05, 0) is 67.6 Å². The highest BCUT2D eigenvalue weighted by Gasteiger charge is 2.36. The Morgan fingerprint density at radius 2 is 0.868 bits per heavy atom. The molecule has 0 heterocycles. The van der Waals surface area contributed by atoms with Gasteiger partial charge in [-0.15, -0.1) is 0 Å². The maximum absolute atomic E-state index is 13.6. The van der Waals surface area contributed by atoms with Crippen molar-refractivity contribution in [1.29, 1.82) is 0 Å². The number of nitrogens with one attached hydrogen (secondary N) is 9. The third-order valence-electron chi connectivity index (χ3n) is 11.3. The number of benzene rings is 2. The quantitative estimate of drug-likeness (QED) is 0.0295. The van der Waals surface area contributed by atoms with E-state index >= 15 is 0 Å². The minimum atomic E-state index is -1.92. The van der Waals surface area contributed by atoms with Crippen molar-refractivity contribution in [3.8, 4) is 11.5 Å². The molecule has 2 aromatic carbocycles. The molecule has 0 aliphatic rings. The maximum Gasteiger partial charge on any atom is 0.326 e. The summed E-state index contributed by atoms with van der Waals surface area (Å²) < 4.78 is 0. The highest BCUT2D eigenvalue weighted by molar-refractivity contribution is 5.98. The van der Waals surface area contributed by atoms with Gasteiger partial charge in [0.15, 0.2) is 0 Å². The maximum atomic E-state index is 13.6. The van der Waals surface area contributed by atoms with Gasteiger partial charge >= 0.3 is 5.97 Å². The molecule has 0 spiro atoms. The van der Waals surface area contributed by atoms with Crippen molar-refractivity contribution in [2.45, 2.75) is 113 Å². The Hall–Kier alpha value is -7.54. The largest absolute Gasteiger partial charge is 0.508 e. The Kier molecular flexibility index (Phi) is 27.8. The van der Waals surface area contributed by atoms with Crippen LogP contribution in [0.5, 0.6) is 11.5 Å². The Balaban J connectivity index is 2.12. The van der Waals surface area contributed by atoms with Gasteiger partial charge < -0.3 is 100 Å². The van der Waals surface area contributed by atoms with Crippen molar-refractivity contribution >= 4 is 59.1 Å². The normalized spacial score (nSPS) is 15.0. The predicted molar refractivity (Wildman–Crippen MR) is 265 cm³/mol. The number of carboxylic acid groups (broad SMARTS) is 1. The smallest absolute Gasteiger partial charge is 0.326 e. The molecule has 0 unspecified atom stereocenters. The van der Waals surface area contributed by atoms with Crippen LogP contribution >= 0.6 is 0 Å². The first-order valence-electron chi connectivity index (χ1n) is 23.9. The molecular weight excluding hydrogens is 1010 g/mol. The molecule has 2 aromatic rings. The van der Waals surface area contributed by atoms with E-state index < -0.39 is 159 Å². The van der Waals surface area contributed by atoms with Crippen LogP contribution in [0.1, 0.15) is 51.2 Å². The molecule has 0 bridgehead atoms. The first-order chi connectivity index (χ1) is 35.9. The number of carbonyl (C=O) groups excluding carboxylic acids is 9. The SMILES string of the molecule is CC(C)[C@H](NC(=O)[C@H](CO)NC(=O)[C@@H](N)CCCCN)C(=O)N[C@@H](CO)C(=O)N[C@H](C(=O)N[C@@H](CO)C(=O)NCC(=O)N[C@@H](Cc1ccc(O)cc1)C(=O)N[C@@H](CO)C(=O)N[C@@H](Cc1ccc(O)cc1)C(=O)O)[C@@H](C)O. The highest BCUT2D eigenvalue weighted by Crippen LogP contribution is 2.14. The highest BCUT2D eigenvalue weighted by atomic mass is 16.4. The number of aliphatic hydroxyl groups is 5. The van der Waals surface area contributed by atoms with Gasteiger partial charge in [0.1, 0.15) is 59.8 Å². The van der Waals surface area contributed by atoms with Gasteiger partial charge in [0.25, 0.3) is 0 Å². The molecule has 10 atom stereocenters. The van der Waals surface area contributed by atoms with Gasteiger partial charge in [-0.25, -0.2) is 4.79 Å². The van der Waals surface area contributed by atoms with Crippen LogP contribution in [-0.4, -0.2) is 200 Å². The van der Waals surface area contributed by atoms with E-state index in [-0.39, 0.29) is 30.8 Å². The standard InChI is InChI=1S/C47H71N11O18/c1-23(2)37(57-43(71)34(21-61)53-39(67)29(49)6-4-5-15-48)45(73)56-35(22-62)44(72)58-38(24(3)63)46(74)55-32(19-59)40(68)50-18-36(66)51-30(16-25-7-11-27(64)12-8-25)41(69)54-33(20-60)42(70)52-31(47(75)76)17-26-9-13-28(65)14-10-26/h7-14,23-24,29-35,37-38,59-65H,4-6,15-22,48-49H2,1-3H3,(H,50,68)(H,51,66)(H,52,70)(H,53,67)(H,54,69)(H,55,74)(H,56,73)(H,57,71)(H,58,72)(H,75,76)/t24-,29+,30+,31+,32+,33+,34+,35+,37+,38+/m1/s1. The van der Waals surface area contributed by atoms with Gasteiger partial charge in [0, 0.05) is 12.8 Å². The molecule has 29 nitrogen and oxygen atoms in total. The molecule has 9 amide bonds. The molecule has 2 rings (SSSR count). The van der Waals surface area contributed by atoms with Crippen LogP contribution in [-0.2, 0) is 60.8 Å². The lowest BCUT2D eigenvalue weighted by Crippen LogP contribution is -2.63. The third kappa shape index (κ3) is 21.7.